The van der Waals surface area contributed by atoms with Crippen molar-refractivity contribution in [3.8, 4) is 34.2 Å². The van der Waals surface area contributed by atoms with Crippen LogP contribution in [0, 0.1) is 0 Å². The highest BCUT2D eigenvalue weighted by atomic mass is 19.4. The van der Waals surface area contributed by atoms with Gasteiger partial charge in [0.25, 0.3) is 0 Å². The predicted octanol–water partition coefficient (Wildman–Crippen LogP) is 3.55. The molecule has 6 nitrogen and oxygen atoms in total. The van der Waals surface area contributed by atoms with Crippen LogP contribution in [0.15, 0.2) is 48.7 Å². The highest BCUT2D eigenvalue weighted by Crippen LogP contribution is 2.30. The molecule has 0 aliphatic carbocycles. The molecule has 0 aliphatic rings. The lowest BCUT2D eigenvalue weighted by molar-refractivity contribution is -0.274. The minimum absolute atomic E-state index is 0.0387. The van der Waals surface area contributed by atoms with Crippen LogP contribution >= 0.6 is 0 Å². The molecular weight excluding hydrogens is 339 g/mol. The van der Waals surface area contributed by atoms with Crippen molar-refractivity contribution in [2.24, 2.45) is 0 Å². The Hall–Kier alpha value is -3.23. The van der Waals surface area contributed by atoms with E-state index >= 15 is 0 Å². The number of aromatic nitrogens is 3. The summed E-state index contributed by atoms with van der Waals surface area (Å²) in [5.74, 6) is -0.0312. The molecule has 25 heavy (non-hydrogen) atoms. The van der Waals surface area contributed by atoms with Gasteiger partial charge in [0.05, 0.1) is 19.0 Å². The van der Waals surface area contributed by atoms with E-state index in [-0.39, 0.29) is 11.5 Å². The summed E-state index contributed by atoms with van der Waals surface area (Å²) in [6.45, 7) is 0. The first kappa shape index (κ1) is 16.6. The van der Waals surface area contributed by atoms with Gasteiger partial charge in [0, 0.05) is 5.56 Å². The van der Waals surface area contributed by atoms with E-state index in [0.717, 1.165) is 0 Å². The quantitative estimate of drug-likeness (QED) is 0.778. The zero-order valence-corrected chi connectivity index (χ0v) is 12.9. The Bertz CT molecular complexity index is 876. The third-order valence-electron chi connectivity index (χ3n) is 3.30. The molecule has 0 radical (unpaired) electrons. The van der Waals surface area contributed by atoms with E-state index in [9.17, 15) is 18.3 Å². The van der Waals surface area contributed by atoms with Gasteiger partial charge in [-0.25, -0.2) is 4.68 Å². The first-order valence-corrected chi connectivity index (χ1v) is 7.01. The molecule has 0 amide bonds. The van der Waals surface area contributed by atoms with Crippen LogP contribution in [-0.4, -0.2) is 33.6 Å². The van der Waals surface area contributed by atoms with E-state index in [1.807, 2.05) is 0 Å². The summed E-state index contributed by atoms with van der Waals surface area (Å²) in [7, 11) is 1.44. The van der Waals surface area contributed by atoms with Gasteiger partial charge in [-0.2, -0.15) is 0 Å². The smallest absolute Gasteiger partial charge is 0.504 e. The molecule has 1 heterocycles. The number of ether oxygens (including phenoxy) is 2. The molecule has 0 saturated carbocycles. The molecule has 0 bridgehead atoms. The summed E-state index contributed by atoms with van der Waals surface area (Å²) in [4.78, 5) is 0. The van der Waals surface area contributed by atoms with Crippen LogP contribution in [0.5, 0.6) is 17.2 Å². The van der Waals surface area contributed by atoms with E-state index in [1.54, 1.807) is 18.3 Å². The molecule has 0 aliphatic heterocycles. The molecule has 9 heteroatoms. The second kappa shape index (κ2) is 6.34. The summed E-state index contributed by atoms with van der Waals surface area (Å²) < 4.78 is 46.7. The van der Waals surface area contributed by atoms with Crippen molar-refractivity contribution in [2.75, 3.05) is 7.11 Å². The Labute approximate surface area is 140 Å². The van der Waals surface area contributed by atoms with E-state index in [2.05, 4.69) is 15.0 Å². The minimum atomic E-state index is -4.74. The Morgan fingerprint density at radius 3 is 2.40 bits per heavy atom. The largest absolute Gasteiger partial charge is 0.573 e. The molecule has 0 atom stereocenters. The zero-order chi connectivity index (χ0) is 18.0. The van der Waals surface area contributed by atoms with Crippen LogP contribution in [0.2, 0.25) is 0 Å². The number of rotatable bonds is 4. The van der Waals surface area contributed by atoms with Gasteiger partial charge in [0.1, 0.15) is 11.4 Å². The van der Waals surface area contributed by atoms with Crippen molar-refractivity contribution in [3.63, 3.8) is 0 Å². The number of methoxy groups -OCH3 is 1. The van der Waals surface area contributed by atoms with Crippen LogP contribution in [0.4, 0.5) is 13.2 Å². The van der Waals surface area contributed by atoms with Gasteiger partial charge in [-0.3, -0.25) is 0 Å². The lowest BCUT2D eigenvalue weighted by Crippen LogP contribution is -2.17. The van der Waals surface area contributed by atoms with Crippen molar-refractivity contribution in [1.82, 2.24) is 15.0 Å². The second-order valence-corrected chi connectivity index (χ2v) is 4.98. The van der Waals surface area contributed by atoms with Crippen molar-refractivity contribution >= 4 is 0 Å². The maximum absolute atomic E-state index is 12.2. The third-order valence-corrected chi connectivity index (χ3v) is 3.30. The van der Waals surface area contributed by atoms with E-state index in [1.165, 1.54) is 42.1 Å². The van der Waals surface area contributed by atoms with Gasteiger partial charge in [-0.05, 0) is 42.5 Å². The number of hydrogen-bond acceptors (Lipinski definition) is 5. The van der Waals surface area contributed by atoms with Gasteiger partial charge in [0.2, 0.25) is 0 Å². The van der Waals surface area contributed by atoms with E-state index in [4.69, 9.17) is 4.74 Å². The number of nitrogens with zero attached hydrogens (tertiary/aromatic N) is 3. The lowest BCUT2D eigenvalue weighted by atomic mass is 10.1. The zero-order valence-electron chi connectivity index (χ0n) is 12.9. The number of alkyl halides is 3. The number of benzene rings is 2. The summed E-state index contributed by atoms with van der Waals surface area (Å²) in [6, 6.07) is 9.98. The van der Waals surface area contributed by atoms with Crippen LogP contribution in [-0.2, 0) is 0 Å². The SMILES string of the molecule is COc1ccc(-c2cn(-c3ccc(OC(F)(F)F)cc3)nn2)cc1O. The van der Waals surface area contributed by atoms with Crippen LogP contribution in [0.3, 0.4) is 0 Å². The molecule has 3 rings (SSSR count). The Morgan fingerprint density at radius 2 is 1.80 bits per heavy atom. The van der Waals surface area contributed by atoms with Gasteiger partial charge >= 0.3 is 6.36 Å². The minimum Gasteiger partial charge on any atom is -0.504 e. The number of aromatic hydroxyl groups is 1. The van der Waals surface area contributed by atoms with E-state index < -0.39 is 6.36 Å². The molecule has 0 unspecified atom stereocenters. The Balaban J connectivity index is 1.83. The van der Waals surface area contributed by atoms with Gasteiger partial charge in [-0.1, -0.05) is 5.21 Å². The van der Waals surface area contributed by atoms with Crippen molar-refractivity contribution < 1.29 is 27.8 Å². The summed E-state index contributed by atoms with van der Waals surface area (Å²) in [6.07, 6.45) is -3.15. The maximum Gasteiger partial charge on any atom is 0.573 e. The number of phenolic OH excluding ortho intramolecular Hbond substituents is 1. The number of halogens is 3. The summed E-state index contributed by atoms with van der Waals surface area (Å²) in [5, 5.41) is 17.7. The highest BCUT2D eigenvalue weighted by molar-refractivity contribution is 5.63. The average molecular weight is 351 g/mol. The van der Waals surface area contributed by atoms with Gasteiger partial charge in [0.15, 0.2) is 11.5 Å². The standard InChI is InChI=1S/C16H12F3N3O3/c1-24-15-7-2-10(8-14(15)23)13-9-22(21-20-13)11-3-5-12(6-4-11)25-16(17,18)19/h2-9,23H,1H3. The summed E-state index contributed by atoms with van der Waals surface area (Å²) >= 11 is 0. The van der Waals surface area contributed by atoms with E-state index in [0.29, 0.717) is 22.7 Å². The highest BCUT2D eigenvalue weighted by Gasteiger charge is 2.30. The predicted molar refractivity (Wildman–Crippen MR) is 81.7 cm³/mol. The second-order valence-electron chi connectivity index (χ2n) is 4.98. The lowest BCUT2D eigenvalue weighted by Gasteiger charge is -2.09. The number of hydrogen-bond donors (Lipinski definition) is 1. The normalized spacial score (nSPS) is 11.4. The Morgan fingerprint density at radius 1 is 1.08 bits per heavy atom. The summed E-state index contributed by atoms with van der Waals surface area (Å²) in [5.41, 5.74) is 1.60. The van der Waals surface area contributed by atoms with Crippen molar-refractivity contribution in [1.29, 1.82) is 0 Å². The first-order chi connectivity index (χ1) is 11.9. The van der Waals surface area contributed by atoms with Gasteiger partial charge < -0.3 is 14.6 Å². The van der Waals surface area contributed by atoms with Gasteiger partial charge in [-0.15, -0.1) is 18.3 Å². The van der Waals surface area contributed by atoms with Crippen LogP contribution in [0.25, 0.3) is 16.9 Å². The molecule has 3 aromatic rings. The molecule has 1 N–H and O–H groups in total. The van der Waals surface area contributed by atoms with Crippen LogP contribution < -0.4 is 9.47 Å². The fourth-order valence-electron chi connectivity index (χ4n) is 2.17. The fraction of sp³-hybridized carbons (Fsp3) is 0.125. The monoisotopic (exact) mass is 351 g/mol. The van der Waals surface area contributed by atoms with Crippen LogP contribution in [0.1, 0.15) is 0 Å². The topological polar surface area (TPSA) is 69.4 Å². The molecule has 0 spiro atoms. The molecule has 0 fully saturated rings. The molecule has 130 valence electrons. The average Bonchev–Trinajstić information content (AvgIpc) is 3.04. The molecule has 2 aromatic carbocycles. The number of phenols is 1. The maximum atomic E-state index is 12.2. The Kier molecular flexibility index (Phi) is 4.22. The first-order valence-electron chi connectivity index (χ1n) is 7.01. The fourth-order valence-corrected chi connectivity index (χ4v) is 2.17. The molecule has 1 aromatic heterocycles. The molecular formula is C16H12F3N3O3. The third kappa shape index (κ3) is 3.82. The van der Waals surface area contributed by atoms with Crippen molar-refractivity contribution in [3.05, 3.63) is 48.7 Å². The van der Waals surface area contributed by atoms with Crippen molar-refractivity contribution in [2.45, 2.75) is 6.36 Å². The molecule has 0 saturated heterocycles.